The Labute approximate surface area is 242 Å². The molecule has 2 aliphatic heterocycles. The molecule has 3 aromatic heterocycles. The highest BCUT2D eigenvalue weighted by atomic mass is 19.4. The highest BCUT2D eigenvalue weighted by molar-refractivity contribution is 5.87. The third-order valence-corrected chi connectivity index (χ3v) is 8.15. The van der Waals surface area contributed by atoms with Crippen molar-refractivity contribution >= 4 is 12.0 Å². The normalized spacial score (nSPS) is 21.7. The van der Waals surface area contributed by atoms with Gasteiger partial charge in [-0.05, 0) is 62.8 Å². The van der Waals surface area contributed by atoms with E-state index in [2.05, 4.69) is 30.0 Å². The van der Waals surface area contributed by atoms with E-state index < -0.39 is 12.3 Å². The summed E-state index contributed by atoms with van der Waals surface area (Å²) in [5.41, 5.74) is 1.59. The molecule has 2 bridgehead atoms. The van der Waals surface area contributed by atoms with Crippen LogP contribution in [0.2, 0.25) is 0 Å². The molecule has 3 atom stereocenters. The zero-order valence-electron chi connectivity index (χ0n) is 22.7. The summed E-state index contributed by atoms with van der Waals surface area (Å²) in [4.78, 5) is 17.4. The van der Waals surface area contributed by atoms with E-state index in [1.54, 1.807) is 6.07 Å². The summed E-state index contributed by atoms with van der Waals surface area (Å²) < 4.78 is 61.6. The highest BCUT2D eigenvalue weighted by Crippen LogP contribution is 2.46. The van der Waals surface area contributed by atoms with Gasteiger partial charge in [-0.25, -0.2) is 4.79 Å². The molecule has 1 saturated carbocycles. The average Bonchev–Trinajstić information content (AvgIpc) is 3.44. The number of carboxylic acid groups (broad SMARTS) is 1. The van der Waals surface area contributed by atoms with Gasteiger partial charge in [0, 0.05) is 35.3 Å². The fourth-order valence-electron chi connectivity index (χ4n) is 6.06. The van der Waals surface area contributed by atoms with Crippen LogP contribution >= 0.6 is 0 Å². The van der Waals surface area contributed by atoms with E-state index in [4.69, 9.17) is 18.8 Å². The molecule has 3 aliphatic rings. The van der Waals surface area contributed by atoms with E-state index in [9.17, 15) is 18.0 Å². The zero-order valence-corrected chi connectivity index (χ0v) is 22.7. The van der Waals surface area contributed by atoms with E-state index >= 15 is 0 Å². The Morgan fingerprint density at radius 2 is 1.81 bits per heavy atom. The Morgan fingerprint density at radius 1 is 1.05 bits per heavy atom. The number of nitrogens with zero attached hydrogens (tertiary/aromatic N) is 5. The number of rotatable bonds is 9. The van der Waals surface area contributed by atoms with Crippen molar-refractivity contribution < 1.29 is 41.5 Å². The number of piperidine rings is 1. The number of carbonyl (C=O) groups is 1. The van der Waals surface area contributed by atoms with Crippen molar-refractivity contribution in [2.45, 2.75) is 75.6 Å². The standard InChI is InChI=1S/C29H26F3N5O6/c30-29(31,32)42-23-4-2-1-3-20(23)24-21(25(43-36-24)15-5-6-15)14-40-19-11-17-8-9-18(12-19)37(17)28-35-34-26(41-28)22-10-7-16(13-33-22)27(38)39/h1-4,7,10,13,15,17-19H,5-6,8-9,11-12,14H2,(H,38,39)/t17-,18+,19+. The van der Waals surface area contributed by atoms with Crippen molar-refractivity contribution in [1.29, 1.82) is 0 Å². The average molecular weight is 598 g/mol. The first-order valence-corrected chi connectivity index (χ1v) is 14.0. The van der Waals surface area contributed by atoms with Gasteiger partial charge in [-0.2, -0.15) is 0 Å². The fraction of sp³-hybridized carbons (Fsp3) is 0.414. The predicted molar refractivity (Wildman–Crippen MR) is 142 cm³/mol. The molecule has 1 aromatic carbocycles. The lowest BCUT2D eigenvalue weighted by molar-refractivity contribution is -0.274. The summed E-state index contributed by atoms with van der Waals surface area (Å²) >= 11 is 0. The fourth-order valence-corrected chi connectivity index (χ4v) is 6.06. The molecule has 0 spiro atoms. The van der Waals surface area contributed by atoms with Crippen LogP contribution in [0.4, 0.5) is 19.2 Å². The summed E-state index contributed by atoms with van der Waals surface area (Å²) in [5, 5.41) is 21.6. The first-order chi connectivity index (χ1) is 20.7. The molecular weight excluding hydrogens is 571 g/mol. The molecule has 14 heteroatoms. The molecule has 7 rings (SSSR count). The second kappa shape index (κ2) is 10.7. The van der Waals surface area contributed by atoms with Gasteiger partial charge in [0.15, 0.2) is 0 Å². The van der Waals surface area contributed by atoms with Crippen LogP contribution in [-0.4, -0.2) is 56.0 Å². The van der Waals surface area contributed by atoms with E-state index in [1.165, 1.54) is 36.5 Å². The smallest absolute Gasteiger partial charge is 0.478 e. The maximum absolute atomic E-state index is 13.1. The van der Waals surface area contributed by atoms with E-state index in [0.717, 1.165) is 25.7 Å². The van der Waals surface area contributed by atoms with Gasteiger partial charge in [0.1, 0.15) is 22.9 Å². The topological polar surface area (TPSA) is 137 Å². The van der Waals surface area contributed by atoms with Gasteiger partial charge in [-0.1, -0.05) is 22.4 Å². The molecular formula is C29H26F3N5O6. The van der Waals surface area contributed by atoms with Gasteiger partial charge < -0.3 is 28.4 Å². The minimum absolute atomic E-state index is 0.0602. The Balaban J connectivity index is 1.06. The third-order valence-electron chi connectivity index (χ3n) is 8.15. The summed E-state index contributed by atoms with van der Waals surface area (Å²) in [7, 11) is 0. The minimum Gasteiger partial charge on any atom is -0.478 e. The lowest BCUT2D eigenvalue weighted by atomic mass is 9.99. The number of hydrogen-bond acceptors (Lipinski definition) is 10. The van der Waals surface area contributed by atoms with Gasteiger partial charge in [0.05, 0.1) is 18.3 Å². The van der Waals surface area contributed by atoms with Crippen molar-refractivity contribution in [3.05, 3.63) is 59.5 Å². The quantitative estimate of drug-likeness (QED) is 0.244. The summed E-state index contributed by atoms with van der Waals surface area (Å²) in [6, 6.07) is 9.44. The second-order valence-corrected chi connectivity index (χ2v) is 11.0. The first kappa shape index (κ1) is 27.4. The number of fused-ring (bicyclic) bond motifs is 2. The lowest BCUT2D eigenvalue weighted by Crippen LogP contribution is -2.45. The molecule has 1 N–H and O–H groups in total. The van der Waals surface area contributed by atoms with Gasteiger partial charge in [0.2, 0.25) is 0 Å². The summed E-state index contributed by atoms with van der Waals surface area (Å²) in [6.45, 7) is 0.151. The molecule has 0 radical (unpaired) electrons. The van der Waals surface area contributed by atoms with Crippen LogP contribution in [0.5, 0.6) is 5.75 Å². The molecule has 43 heavy (non-hydrogen) atoms. The minimum atomic E-state index is -4.84. The van der Waals surface area contributed by atoms with Crippen LogP contribution < -0.4 is 9.64 Å². The van der Waals surface area contributed by atoms with Gasteiger partial charge in [-0.3, -0.25) is 4.98 Å². The molecule has 224 valence electrons. The molecule has 4 aromatic rings. The van der Waals surface area contributed by atoms with Crippen LogP contribution in [0.15, 0.2) is 51.5 Å². The lowest BCUT2D eigenvalue weighted by Gasteiger charge is -2.37. The molecule has 1 aliphatic carbocycles. The predicted octanol–water partition coefficient (Wildman–Crippen LogP) is 5.98. The number of carboxylic acids is 1. The van der Waals surface area contributed by atoms with Crippen LogP contribution in [0.25, 0.3) is 22.8 Å². The Morgan fingerprint density at radius 3 is 2.49 bits per heavy atom. The summed E-state index contributed by atoms with van der Waals surface area (Å²) in [5.74, 6) is -0.385. The number of aromatic carboxylic acids is 1. The Kier molecular flexibility index (Phi) is 6.79. The molecule has 11 nitrogen and oxygen atoms in total. The van der Waals surface area contributed by atoms with Crippen molar-refractivity contribution in [1.82, 2.24) is 20.3 Å². The van der Waals surface area contributed by atoms with Crippen molar-refractivity contribution in [3.63, 3.8) is 0 Å². The van der Waals surface area contributed by atoms with Crippen LogP contribution in [0.1, 0.15) is 66.1 Å². The monoisotopic (exact) mass is 597 g/mol. The first-order valence-electron chi connectivity index (χ1n) is 14.0. The SMILES string of the molecule is O=C(O)c1ccc(-c2nnc(N3[C@@H]4CC[C@H]3C[C@@H](OCc3c(-c5ccccc5OC(F)(F)F)noc3C3CC3)C4)o2)nc1. The molecule has 2 saturated heterocycles. The number of aromatic nitrogens is 4. The summed E-state index contributed by atoms with van der Waals surface area (Å²) in [6.07, 6.45) is 1.39. The van der Waals surface area contributed by atoms with Crippen LogP contribution in [0, 0.1) is 0 Å². The zero-order chi connectivity index (χ0) is 29.7. The van der Waals surface area contributed by atoms with Crippen molar-refractivity contribution in [2.75, 3.05) is 4.90 Å². The maximum atomic E-state index is 13.1. The molecule has 0 unspecified atom stereocenters. The van der Waals surface area contributed by atoms with Gasteiger partial charge in [0.25, 0.3) is 5.89 Å². The highest BCUT2D eigenvalue weighted by Gasteiger charge is 2.44. The number of para-hydroxylation sites is 1. The number of hydrogen-bond donors (Lipinski definition) is 1. The van der Waals surface area contributed by atoms with E-state index in [-0.39, 0.29) is 53.5 Å². The number of anilines is 1. The molecule has 5 heterocycles. The Hall–Kier alpha value is -4.46. The second-order valence-electron chi connectivity index (χ2n) is 11.0. The Bertz CT molecular complexity index is 1620. The van der Waals surface area contributed by atoms with Gasteiger partial charge in [-0.15, -0.1) is 18.3 Å². The number of halogens is 3. The van der Waals surface area contributed by atoms with Crippen LogP contribution in [0.3, 0.4) is 0 Å². The number of ether oxygens (including phenoxy) is 2. The van der Waals surface area contributed by atoms with E-state index in [0.29, 0.717) is 41.6 Å². The molecule has 3 fully saturated rings. The number of alkyl halides is 3. The third kappa shape index (κ3) is 5.54. The molecule has 0 amide bonds. The van der Waals surface area contributed by atoms with E-state index in [1.807, 2.05) is 0 Å². The maximum Gasteiger partial charge on any atom is 0.573 e. The van der Waals surface area contributed by atoms with Crippen molar-refractivity contribution in [2.24, 2.45) is 0 Å². The van der Waals surface area contributed by atoms with Crippen LogP contribution in [-0.2, 0) is 11.3 Å². The largest absolute Gasteiger partial charge is 0.573 e. The number of pyridine rings is 1. The van der Waals surface area contributed by atoms with Crippen molar-refractivity contribution in [3.8, 4) is 28.6 Å². The van der Waals surface area contributed by atoms with Gasteiger partial charge >= 0.3 is 18.3 Å². The number of benzene rings is 1.